The summed E-state index contributed by atoms with van der Waals surface area (Å²) in [6.07, 6.45) is 7.60. The summed E-state index contributed by atoms with van der Waals surface area (Å²) in [5.41, 5.74) is 6.60. The zero-order valence-corrected chi connectivity index (χ0v) is 11.0. The van der Waals surface area contributed by atoms with Crippen LogP contribution in [0, 0.1) is 5.41 Å². The van der Waals surface area contributed by atoms with Gasteiger partial charge in [0.1, 0.15) is 5.69 Å². The molecule has 1 fully saturated rings. The number of carbonyl (C=O) groups excluding carboxylic acids is 1. The number of hydrogen-bond donors (Lipinski definition) is 2. The summed E-state index contributed by atoms with van der Waals surface area (Å²) in [5, 5.41) is 7.01. The van der Waals surface area contributed by atoms with E-state index in [1.807, 2.05) is 0 Å². The summed E-state index contributed by atoms with van der Waals surface area (Å²) in [7, 11) is 1.77. The number of nitrogens with two attached hydrogens (primary N) is 1. The molecule has 0 aromatic carbocycles. The van der Waals surface area contributed by atoms with Crippen LogP contribution in [0.15, 0.2) is 12.3 Å². The van der Waals surface area contributed by atoms with Crippen molar-refractivity contribution in [3.8, 4) is 0 Å². The van der Waals surface area contributed by atoms with Gasteiger partial charge in [-0.2, -0.15) is 5.10 Å². The zero-order chi connectivity index (χ0) is 13.0. The van der Waals surface area contributed by atoms with E-state index in [9.17, 15) is 4.79 Å². The van der Waals surface area contributed by atoms with Crippen molar-refractivity contribution in [2.45, 2.75) is 32.1 Å². The van der Waals surface area contributed by atoms with Crippen LogP contribution >= 0.6 is 0 Å². The molecule has 18 heavy (non-hydrogen) atoms. The SMILES string of the molecule is Cn1nccc1C(=O)NCC1(CN)CCCCC1. The molecule has 5 heteroatoms. The van der Waals surface area contributed by atoms with E-state index in [2.05, 4.69) is 10.4 Å². The largest absolute Gasteiger partial charge is 0.350 e. The van der Waals surface area contributed by atoms with Crippen molar-refractivity contribution < 1.29 is 4.79 Å². The van der Waals surface area contributed by atoms with Crippen molar-refractivity contribution in [1.29, 1.82) is 0 Å². The zero-order valence-electron chi connectivity index (χ0n) is 11.0. The lowest BCUT2D eigenvalue weighted by Crippen LogP contribution is -2.44. The summed E-state index contributed by atoms with van der Waals surface area (Å²) < 4.78 is 1.59. The Morgan fingerprint density at radius 2 is 2.22 bits per heavy atom. The minimum atomic E-state index is -0.0617. The number of aromatic nitrogens is 2. The Labute approximate surface area is 108 Å². The van der Waals surface area contributed by atoms with Gasteiger partial charge in [-0.3, -0.25) is 9.48 Å². The second kappa shape index (κ2) is 5.52. The van der Waals surface area contributed by atoms with Gasteiger partial charge in [-0.15, -0.1) is 0 Å². The molecule has 1 amide bonds. The molecule has 1 aliphatic rings. The number of nitrogens with one attached hydrogen (secondary N) is 1. The quantitative estimate of drug-likeness (QED) is 0.839. The fraction of sp³-hybridized carbons (Fsp3) is 0.692. The van der Waals surface area contributed by atoms with E-state index >= 15 is 0 Å². The molecule has 3 N–H and O–H groups in total. The Kier molecular flexibility index (Phi) is 4.01. The first-order chi connectivity index (χ1) is 8.67. The summed E-state index contributed by atoms with van der Waals surface area (Å²) in [4.78, 5) is 12.0. The molecule has 1 aromatic heterocycles. The van der Waals surface area contributed by atoms with Crippen LogP contribution in [0.5, 0.6) is 0 Å². The highest BCUT2D eigenvalue weighted by Gasteiger charge is 2.31. The average molecular weight is 250 g/mol. The number of rotatable bonds is 4. The fourth-order valence-corrected chi connectivity index (χ4v) is 2.71. The first-order valence-corrected chi connectivity index (χ1v) is 6.63. The standard InChI is InChI=1S/C13H22N4O/c1-17-11(5-8-16-17)12(18)15-10-13(9-14)6-3-2-4-7-13/h5,8H,2-4,6-7,9-10,14H2,1H3,(H,15,18). The van der Waals surface area contributed by atoms with E-state index in [1.54, 1.807) is 24.0 Å². The van der Waals surface area contributed by atoms with Gasteiger partial charge in [-0.25, -0.2) is 0 Å². The maximum Gasteiger partial charge on any atom is 0.269 e. The van der Waals surface area contributed by atoms with Gasteiger partial charge in [-0.05, 0) is 30.9 Å². The Morgan fingerprint density at radius 1 is 1.50 bits per heavy atom. The molecule has 0 bridgehead atoms. The minimum Gasteiger partial charge on any atom is -0.350 e. The molecule has 0 aliphatic heterocycles. The highest BCUT2D eigenvalue weighted by molar-refractivity contribution is 5.92. The summed E-state index contributed by atoms with van der Waals surface area (Å²) in [6, 6.07) is 1.73. The molecule has 2 rings (SSSR count). The van der Waals surface area contributed by atoms with Gasteiger partial charge >= 0.3 is 0 Å². The highest BCUT2D eigenvalue weighted by atomic mass is 16.2. The summed E-state index contributed by atoms with van der Waals surface area (Å²) in [6.45, 7) is 1.33. The van der Waals surface area contributed by atoms with Crippen molar-refractivity contribution in [1.82, 2.24) is 15.1 Å². The van der Waals surface area contributed by atoms with Gasteiger partial charge in [0.15, 0.2) is 0 Å². The Balaban J connectivity index is 1.94. The van der Waals surface area contributed by atoms with Crippen LogP contribution < -0.4 is 11.1 Å². The molecule has 0 radical (unpaired) electrons. The second-order valence-corrected chi connectivity index (χ2v) is 5.29. The van der Waals surface area contributed by atoms with Crippen molar-refractivity contribution in [3.63, 3.8) is 0 Å². The molecular weight excluding hydrogens is 228 g/mol. The topological polar surface area (TPSA) is 72.9 Å². The number of amides is 1. The Hall–Kier alpha value is -1.36. The van der Waals surface area contributed by atoms with Crippen molar-refractivity contribution in [2.24, 2.45) is 18.2 Å². The molecule has 100 valence electrons. The van der Waals surface area contributed by atoms with Gasteiger partial charge < -0.3 is 11.1 Å². The predicted molar refractivity (Wildman–Crippen MR) is 70.1 cm³/mol. The normalized spacial score (nSPS) is 18.6. The number of hydrogen-bond acceptors (Lipinski definition) is 3. The molecule has 1 aliphatic carbocycles. The maximum atomic E-state index is 12.0. The lowest BCUT2D eigenvalue weighted by Gasteiger charge is -2.36. The molecule has 0 atom stereocenters. The van der Waals surface area contributed by atoms with E-state index in [1.165, 1.54) is 19.3 Å². The molecule has 5 nitrogen and oxygen atoms in total. The van der Waals surface area contributed by atoms with Gasteiger partial charge in [-0.1, -0.05) is 19.3 Å². The monoisotopic (exact) mass is 250 g/mol. The molecule has 1 heterocycles. The van der Waals surface area contributed by atoms with Gasteiger partial charge in [0, 0.05) is 19.8 Å². The van der Waals surface area contributed by atoms with Crippen LogP contribution in [0.4, 0.5) is 0 Å². The van der Waals surface area contributed by atoms with E-state index in [-0.39, 0.29) is 11.3 Å². The second-order valence-electron chi connectivity index (χ2n) is 5.29. The molecule has 0 spiro atoms. The third-order valence-electron chi connectivity index (χ3n) is 4.02. The number of aryl methyl sites for hydroxylation is 1. The predicted octanol–water partition coefficient (Wildman–Crippen LogP) is 1.06. The lowest BCUT2D eigenvalue weighted by molar-refractivity contribution is 0.0904. The van der Waals surface area contributed by atoms with E-state index in [0.29, 0.717) is 18.8 Å². The van der Waals surface area contributed by atoms with E-state index in [4.69, 9.17) is 5.73 Å². The lowest BCUT2D eigenvalue weighted by atomic mass is 9.74. The smallest absolute Gasteiger partial charge is 0.269 e. The first-order valence-electron chi connectivity index (χ1n) is 6.63. The minimum absolute atomic E-state index is 0.0617. The third kappa shape index (κ3) is 2.72. The van der Waals surface area contributed by atoms with Crippen LogP contribution in [-0.2, 0) is 7.05 Å². The molecular formula is C13H22N4O. The van der Waals surface area contributed by atoms with Crippen LogP contribution in [0.2, 0.25) is 0 Å². The van der Waals surface area contributed by atoms with Gasteiger partial charge in [0.2, 0.25) is 0 Å². The van der Waals surface area contributed by atoms with Crippen molar-refractivity contribution >= 4 is 5.91 Å². The summed E-state index contributed by atoms with van der Waals surface area (Å²) >= 11 is 0. The fourth-order valence-electron chi connectivity index (χ4n) is 2.71. The third-order valence-corrected chi connectivity index (χ3v) is 4.02. The van der Waals surface area contributed by atoms with Crippen molar-refractivity contribution in [2.75, 3.05) is 13.1 Å². The Bertz CT molecular complexity index is 407. The number of nitrogens with zero attached hydrogens (tertiary/aromatic N) is 2. The van der Waals surface area contributed by atoms with Gasteiger partial charge in [0.05, 0.1) is 0 Å². The average Bonchev–Trinajstić information content (AvgIpc) is 2.83. The van der Waals surface area contributed by atoms with Crippen LogP contribution in [0.1, 0.15) is 42.6 Å². The molecule has 1 saturated carbocycles. The van der Waals surface area contributed by atoms with Gasteiger partial charge in [0.25, 0.3) is 5.91 Å². The van der Waals surface area contributed by atoms with E-state index in [0.717, 1.165) is 12.8 Å². The highest BCUT2D eigenvalue weighted by Crippen LogP contribution is 2.34. The summed E-state index contributed by atoms with van der Waals surface area (Å²) in [5.74, 6) is -0.0617. The van der Waals surface area contributed by atoms with Crippen LogP contribution in [-0.4, -0.2) is 28.8 Å². The molecule has 0 saturated heterocycles. The van der Waals surface area contributed by atoms with E-state index < -0.39 is 0 Å². The Morgan fingerprint density at radius 3 is 2.78 bits per heavy atom. The number of carbonyl (C=O) groups is 1. The first kappa shape index (κ1) is 13.1. The molecule has 1 aromatic rings. The van der Waals surface area contributed by atoms with Crippen LogP contribution in [0.25, 0.3) is 0 Å². The maximum absolute atomic E-state index is 12.0. The van der Waals surface area contributed by atoms with Crippen LogP contribution in [0.3, 0.4) is 0 Å². The van der Waals surface area contributed by atoms with Crippen molar-refractivity contribution in [3.05, 3.63) is 18.0 Å². The molecule has 0 unspecified atom stereocenters.